The Balaban J connectivity index is 2.47. The molecule has 0 fully saturated rings. The van der Waals surface area contributed by atoms with Crippen molar-refractivity contribution in [1.29, 1.82) is 0 Å². The molecule has 0 saturated heterocycles. The molecule has 1 N–H and O–H groups in total. The minimum absolute atomic E-state index is 0.444. The maximum atomic E-state index is 6.02. The highest BCUT2D eigenvalue weighted by molar-refractivity contribution is 6.34. The summed E-state index contributed by atoms with van der Waals surface area (Å²) in [5, 5.41) is 4.22. The molecule has 0 amide bonds. The fourth-order valence-corrected chi connectivity index (χ4v) is 2.17. The summed E-state index contributed by atoms with van der Waals surface area (Å²) in [6, 6.07) is 1.82. The Bertz CT molecular complexity index is 317. The molecule has 0 bridgehead atoms. The van der Waals surface area contributed by atoms with Crippen molar-refractivity contribution in [3.63, 3.8) is 0 Å². The lowest BCUT2D eigenvalue weighted by Crippen LogP contribution is -2.04. The molecule has 0 aliphatic rings. The van der Waals surface area contributed by atoms with Gasteiger partial charge in [-0.05, 0) is 25.0 Å². The maximum absolute atomic E-state index is 6.02. The standard InChI is InChI=1S/C12H18Cl2N2/c1-3-4-5-6-7-15-11-9(2)8-10(13)16-12(11)14/h8,15H,3-7H2,1-2H3. The van der Waals surface area contributed by atoms with E-state index >= 15 is 0 Å². The summed E-state index contributed by atoms with van der Waals surface area (Å²) in [6.07, 6.45) is 4.95. The van der Waals surface area contributed by atoms with Gasteiger partial charge in [0.2, 0.25) is 0 Å². The third kappa shape index (κ3) is 4.18. The van der Waals surface area contributed by atoms with Gasteiger partial charge in [-0.15, -0.1) is 0 Å². The van der Waals surface area contributed by atoms with Gasteiger partial charge in [0.1, 0.15) is 5.15 Å². The van der Waals surface area contributed by atoms with E-state index in [1.807, 2.05) is 13.0 Å². The van der Waals surface area contributed by atoms with Crippen molar-refractivity contribution in [1.82, 2.24) is 4.98 Å². The van der Waals surface area contributed by atoms with Crippen molar-refractivity contribution in [3.05, 3.63) is 21.9 Å². The monoisotopic (exact) mass is 260 g/mol. The Morgan fingerprint density at radius 2 is 2.00 bits per heavy atom. The summed E-state index contributed by atoms with van der Waals surface area (Å²) >= 11 is 11.8. The Hall–Kier alpha value is -0.470. The van der Waals surface area contributed by atoms with Crippen LogP contribution in [0.25, 0.3) is 0 Å². The van der Waals surface area contributed by atoms with Crippen molar-refractivity contribution in [2.45, 2.75) is 39.5 Å². The minimum atomic E-state index is 0.444. The van der Waals surface area contributed by atoms with E-state index in [9.17, 15) is 0 Å². The van der Waals surface area contributed by atoms with Crippen LogP contribution in [0.5, 0.6) is 0 Å². The van der Waals surface area contributed by atoms with Gasteiger partial charge in [0.25, 0.3) is 0 Å². The molecule has 0 unspecified atom stereocenters. The summed E-state index contributed by atoms with van der Waals surface area (Å²) in [5.74, 6) is 0. The van der Waals surface area contributed by atoms with Gasteiger partial charge in [0.05, 0.1) is 5.69 Å². The SMILES string of the molecule is CCCCCCNc1c(C)cc(Cl)nc1Cl. The van der Waals surface area contributed by atoms with E-state index in [2.05, 4.69) is 17.2 Å². The van der Waals surface area contributed by atoms with Crippen molar-refractivity contribution in [3.8, 4) is 0 Å². The first-order valence-electron chi connectivity index (χ1n) is 5.71. The summed E-state index contributed by atoms with van der Waals surface area (Å²) in [7, 11) is 0. The van der Waals surface area contributed by atoms with Crippen LogP contribution in [0.15, 0.2) is 6.07 Å². The van der Waals surface area contributed by atoms with E-state index in [1.54, 1.807) is 0 Å². The van der Waals surface area contributed by atoms with Crippen LogP contribution in [-0.4, -0.2) is 11.5 Å². The zero-order valence-electron chi connectivity index (χ0n) is 9.82. The number of rotatable bonds is 6. The van der Waals surface area contributed by atoms with Crippen molar-refractivity contribution in [2.75, 3.05) is 11.9 Å². The molecule has 16 heavy (non-hydrogen) atoms. The number of aromatic nitrogens is 1. The number of hydrogen-bond acceptors (Lipinski definition) is 2. The normalized spacial score (nSPS) is 10.5. The second kappa shape index (κ2) is 6.97. The number of nitrogens with zero attached hydrogens (tertiary/aromatic N) is 1. The second-order valence-corrected chi connectivity index (χ2v) is 4.66. The van der Waals surface area contributed by atoms with Crippen molar-refractivity contribution < 1.29 is 0 Å². The van der Waals surface area contributed by atoms with Gasteiger partial charge in [-0.1, -0.05) is 49.4 Å². The molecule has 0 aliphatic carbocycles. The van der Waals surface area contributed by atoms with Crippen LogP contribution in [0.3, 0.4) is 0 Å². The first-order valence-corrected chi connectivity index (χ1v) is 6.47. The molecule has 1 heterocycles. The maximum Gasteiger partial charge on any atom is 0.154 e. The van der Waals surface area contributed by atoms with E-state index in [1.165, 1.54) is 19.3 Å². The number of aryl methyl sites for hydroxylation is 1. The van der Waals surface area contributed by atoms with E-state index in [0.29, 0.717) is 10.3 Å². The zero-order chi connectivity index (χ0) is 12.0. The molecule has 0 atom stereocenters. The Morgan fingerprint density at radius 3 is 2.62 bits per heavy atom. The average molecular weight is 261 g/mol. The molecule has 0 saturated carbocycles. The summed E-state index contributed by atoms with van der Waals surface area (Å²) in [4.78, 5) is 4.02. The summed E-state index contributed by atoms with van der Waals surface area (Å²) in [5.41, 5.74) is 1.95. The van der Waals surface area contributed by atoms with Gasteiger partial charge in [-0.2, -0.15) is 0 Å². The van der Waals surface area contributed by atoms with Gasteiger partial charge in [0.15, 0.2) is 5.15 Å². The summed E-state index contributed by atoms with van der Waals surface area (Å²) in [6.45, 7) is 5.12. The molecule has 0 aliphatic heterocycles. The van der Waals surface area contributed by atoms with E-state index in [0.717, 1.165) is 24.2 Å². The predicted octanol–water partition coefficient (Wildman–Crippen LogP) is 4.69. The van der Waals surface area contributed by atoms with Gasteiger partial charge in [0, 0.05) is 6.54 Å². The molecular formula is C12H18Cl2N2. The number of unbranched alkanes of at least 4 members (excludes halogenated alkanes) is 3. The Kier molecular flexibility index (Phi) is 5.93. The number of pyridine rings is 1. The molecule has 0 aromatic carbocycles. The lowest BCUT2D eigenvalue weighted by Gasteiger charge is -2.10. The largest absolute Gasteiger partial charge is 0.382 e. The molecule has 0 spiro atoms. The molecule has 1 aromatic heterocycles. The molecule has 1 aromatic rings. The predicted molar refractivity (Wildman–Crippen MR) is 71.6 cm³/mol. The molecule has 2 nitrogen and oxygen atoms in total. The third-order valence-electron chi connectivity index (χ3n) is 2.47. The third-order valence-corrected chi connectivity index (χ3v) is 2.94. The minimum Gasteiger partial charge on any atom is -0.382 e. The fourth-order valence-electron chi connectivity index (χ4n) is 1.57. The highest BCUT2D eigenvalue weighted by atomic mass is 35.5. The number of halogens is 2. The van der Waals surface area contributed by atoms with Crippen LogP contribution in [0, 0.1) is 6.92 Å². The van der Waals surface area contributed by atoms with Crippen LogP contribution in [0.1, 0.15) is 38.2 Å². The highest BCUT2D eigenvalue weighted by Gasteiger charge is 2.06. The summed E-state index contributed by atoms with van der Waals surface area (Å²) < 4.78 is 0. The lowest BCUT2D eigenvalue weighted by molar-refractivity contribution is 0.685. The first-order chi connectivity index (χ1) is 7.65. The molecule has 1 rings (SSSR count). The van der Waals surface area contributed by atoms with Crippen molar-refractivity contribution in [2.24, 2.45) is 0 Å². The van der Waals surface area contributed by atoms with Crippen LogP contribution in [0.4, 0.5) is 5.69 Å². The number of anilines is 1. The number of hydrogen-bond donors (Lipinski definition) is 1. The van der Waals surface area contributed by atoms with Crippen molar-refractivity contribution >= 4 is 28.9 Å². The van der Waals surface area contributed by atoms with E-state index < -0.39 is 0 Å². The fraction of sp³-hybridized carbons (Fsp3) is 0.583. The first kappa shape index (κ1) is 13.6. The molecule has 0 radical (unpaired) electrons. The average Bonchev–Trinajstić information content (AvgIpc) is 2.20. The van der Waals surface area contributed by atoms with Crippen LogP contribution >= 0.6 is 23.2 Å². The van der Waals surface area contributed by atoms with Gasteiger partial charge < -0.3 is 5.32 Å². The van der Waals surface area contributed by atoms with Gasteiger partial charge >= 0.3 is 0 Å². The van der Waals surface area contributed by atoms with Gasteiger partial charge in [-0.25, -0.2) is 4.98 Å². The smallest absolute Gasteiger partial charge is 0.154 e. The number of nitrogens with one attached hydrogen (secondary N) is 1. The zero-order valence-corrected chi connectivity index (χ0v) is 11.3. The van der Waals surface area contributed by atoms with E-state index in [4.69, 9.17) is 23.2 Å². The molecule has 4 heteroatoms. The Morgan fingerprint density at radius 1 is 1.25 bits per heavy atom. The second-order valence-electron chi connectivity index (χ2n) is 3.92. The van der Waals surface area contributed by atoms with Crippen LogP contribution < -0.4 is 5.32 Å². The lowest BCUT2D eigenvalue weighted by atomic mass is 10.2. The van der Waals surface area contributed by atoms with Crippen LogP contribution in [-0.2, 0) is 0 Å². The van der Waals surface area contributed by atoms with Crippen LogP contribution in [0.2, 0.25) is 10.3 Å². The topological polar surface area (TPSA) is 24.9 Å². The highest BCUT2D eigenvalue weighted by Crippen LogP contribution is 2.26. The van der Waals surface area contributed by atoms with Gasteiger partial charge in [-0.3, -0.25) is 0 Å². The molecular weight excluding hydrogens is 243 g/mol. The Labute approximate surface area is 107 Å². The quantitative estimate of drug-likeness (QED) is 0.593. The van der Waals surface area contributed by atoms with E-state index in [-0.39, 0.29) is 0 Å². The molecule has 90 valence electrons.